The Morgan fingerprint density at radius 1 is 1.35 bits per heavy atom. The third-order valence-electron chi connectivity index (χ3n) is 5.61. The van der Waals surface area contributed by atoms with Gasteiger partial charge >= 0.3 is 0 Å². The Labute approximate surface area is 104 Å². The van der Waals surface area contributed by atoms with Crippen molar-refractivity contribution in [3.63, 3.8) is 0 Å². The molecule has 3 fully saturated rings. The van der Waals surface area contributed by atoms with Crippen molar-refractivity contribution in [2.45, 2.75) is 63.8 Å². The third kappa shape index (κ3) is 1.74. The molecule has 3 nitrogen and oxygen atoms in total. The molecule has 17 heavy (non-hydrogen) atoms. The molecule has 6 unspecified atom stereocenters. The van der Waals surface area contributed by atoms with Gasteiger partial charge in [-0.25, -0.2) is 0 Å². The van der Waals surface area contributed by atoms with Crippen LogP contribution in [0.25, 0.3) is 0 Å². The lowest BCUT2D eigenvalue weighted by Gasteiger charge is -2.43. The van der Waals surface area contributed by atoms with E-state index in [9.17, 15) is 5.11 Å². The summed E-state index contributed by atoms with van der Waals surface area (Å²) >= 11 is 0. The second-order valence-electron chi connectivity index (χ2n) is 6.52. The summed E-state index contributed by atoms with van der Waals surface area (Å²) in [5, 5.41) is 10.7. The highest BCUT2D eigenvalue weighted by Gasteiger charge is 2.56. The first-order valence-corrected chi connectivity index (χ1v) is 7.19. The number of nitrogens with two attached hydrogens (primary N) is 1. The highest BCUT2D eigenvalue weighted by Crippen LogP contribution is 2.58. The molecular formula is C14H25NO2. The topological polar surface area (TPSA) is 55.5 Å². The fraction of sp³-hybridized carbons (Fsp3) is 1.00. The fourth-order valence-electron chi connectivity index (χ4n) is 4.66. The Morgan fingerprint density at radius 3 is 2.65 bits per heavy atom. The maximum atomic E-state index is 10.7. The van der Waals surface area contributed by atoms with Crippen molar-refractivity contribution in [3.05, 3.63) is 0 Å². The zero-order chi connectivity index (χ0) is 12.0. The molecule has 2 saturated carbocycles. The van der Waals surface area contributed by atoms with Gasteiger partial charge in [-0.1, -0.05) is 6.42 Å². The van der Waals surface area contributed by atoms with E-state index in [0.29, 0.717) is 18.6 Å². The molecule has 0 spiro atoms. The van der Waals surface area contributed by atoms with Gasteiger partial charge in [-0.3, -0.25) is 0 Å². The Bertz CT molecular complexity index is 296. The number of aliphatic hydroxyl groups is 1. The van der Waals surface area contributed by atoms with Crippen LogP contribution in [0.3, 0.4) is 0 Å². The summed E-state index contributed by atoms with van der Waals surface area (Å²) in [7, 11) is 0. The molecule has 1 saturated heterocycles. The summed E-state index contributed by atoms with van der Waals surface area (Å²) in [5.74, 6) is 1.46. The molecule has 6 atom stereocenters. The molecule has 3 heteroatoms. The van der Waals surface area contributed by atoms with Gasteiger partial charge < -0.3 is 15.6 Å². The normalized spacial score (nSPS) is 51.0. The molecule has 3 rings (SSSR count). The minimum Gasteiger partial charge on any atom is -0.390 e. The number of ether oxygens (including phenoxy) is 1. The standard InChI is InChI=1S/C14H25NO2/c1-9-2-5-12(17-9)13(16)14(8-15)7-10-3-4-11(14)6-10/h9-13,16H,2-8,15H2,1H3. The number of hydrogen-bond donors (Lipinski definition) is 2. The Hall–Kier alpha value is -0.120. The van der Waals surface area contributed by atoms with E-state index in [1.165, 1.54) is 19.3 Å². The second kappa shape index (κ2) is 4.22. The first-order chi connectivity index (χ1) is 8.15. The van der Waals surface area contributed by atoms with E-state index in [-0.39, 0.29) is 17.6 Å². The van der Waals surface area contributed by atoms with Crippen molar-refractivity contribution in [1.82, 2.24) is 0 Å². The van der Waals surface area contributed by atoms with Gasteiger partial charge in [0.2, 0.25) is 0 Å². The van der Waals surface area contributed by atoms with Crippen molar-refractivity contribution < 1.29 is 9.84 Å². The van der Waals surface area contributed by atoms with Crippen LogP contribution in [0.15, 0.2) is 0 Å². The van der Waals surface area contributed by atoms with Crippen LogP contribution in [-0.2, 0) is 4.74 Å². The number of rotatable bonds is 3. The van der Waals surface area contributed by atoms with Crippen LogP contribution >= 0.6 is 0 Å². The summed E-state index contributed by atoms with van der Waals surface area (Å²) in [4.78, 5) is 0. The smallest absolute Gasteiger partial charge is 0.0872 e. The van der Waals surface area contributed by atoms with E-state index in [0.717, 1.165) is 25.2 Å². The van der Waals surface area contributed by atoms with Crippen LogP contribution in [-0.4, -0.2) is 30.0 Å². The van der Waals surface area contributed by atoms with Gasteiger partial charge in [0.25, 0.3) is 0 Å². The molecule has 0 aromatic carbocycles. The number of hydrogen-bond acceptors (Lipinski definition) is 3. The SMILES string of the molecule is CC1CCC(C(O)C2(CN)CC3CCC2C3)O1. The molecule has 1 aliphatic heterocycles. The van der Waals surface area contributed by atoms with Crippen LogP contribution in [0.5, 0.6) is 0 Å². The Kier molecular flexibility index (Phi) is 2.96. The first-order valence-electron chi connectivity index (χ1n) is 7.19. The average Bonchev–Trinajstić information content (AvgIpc) is 3.02. The van der Waals surface area contributed by atoms with Crippen molar-refractivity contribution >= 4 is 0 Å². The molecule has 0 aromatic rings. The van der Waals surface area contributed by atoms with E-state index < -0.39 is 0 Å². The van der Waals surface area contributed by atoms with E-state index in [1.54, 1.807) is 0 Å². The lowest BCUT2D eigenvalue weighted by atomic mass is 9.67. The summed E-state index contributed by atoms with van der Waals surface area (Å²) in [6, 6.07) is 0. The van der Waals surface area contributed by atoms with Crippen LogP contribution in [0, 0.1) is 17.3 Å². The fourth-order valence-corrected chi connectivity index (χ4v) is 4.66. The predicted molar refractivity (Wildman–Crippen MR) is 66.5 cm³/mol. The molecular weight excluding hydrogens is 214 g/mol. The molecule has 1 heterocycles. The molecule has 2 bridgehead atoms. The minimum atomic E-state index is -0.340. The number of fused-ring (bicyclic) bond motifs is 2. The summed E-state index contributed by atoms with van der Waals surface area (Å²) in [6.45, 7) is 2.73. The first kappa shape index (κ1) is 11.9. The monoisotopic (exact) mass is 239 g/mol. The second-order valence-corrected chi connectivity index (χ2v) is 6.52. The zero-order valence-electron chi connectivity index (χ0n) is 10.8. The molecule has 98 valence electrons. The van der Waals surface area contributed by atoms with Crippen molar-refractivity contribution in [1.29, 1.82) is 0 Å². The van der Waals surface area contributed by atoms with Crippen LogP contribution < -0.4 is 5.73 Å². The quantitative estimate of drug-likeness (QED) is 0.788. The van der Waals surface area contributed by atoms with Crippen molar-refractivity contribution in [3.8, 4) is 0 Å². The molecule has 2 aliphatic carbocycles. The van der Waals surface area contributed by atoms with Gasteiger partial charge in [-0.15, -0.1) is 0 Å². The van der Waals surface area contributed by atoms with E-state index in [1.807, 2.05) is 0 Å². The van der Waals surface area contributed by atoms with E-state index >= 15 is 0 Å². The maximum absolute atomic E-state index is 10.7. The largest absolute Gasteiger partial charge is 0.390 e. The summed E-state index contributed by atoms with van der Waals surface area (Å²) in [6.07, 6.45) is 7.11. The van der Waals surface area contributed by atoms with E-state index in [2.05, 4.69) is 6.92 Å². The maximum Gasteiger partial charge on any atom is 0.0872 e. The highest BCUT2D eigenvalue weighted by molar-refractivity contribution is 5.06. The Morgan fingerprint density at radius 2 is 2.18 bits per heavy atom. The van der Waals surface area contributed by atoms with Crippen molar-refractivity contribution in [2.24, 2.45) is 23.0 Å². The minimum absolute atomic E-state index is 0.0301. The van der Waals surface area contributed by atoms with Gasteiger partial charge in [-0.2, -0.15) is 0 Å². The molecule has 3 N–H and O–H groups in total. The lowest BCUT2D eigenvalue weighted by Crippen LogP contribution is -2.51. The van der Waals surface area contributed by atoms with Gasteiger partial charge in [0.15, 0.2) is 0 Å². The number of aliphatic hydroxyl groups excluding tert-OH is 1. The van der Waals surface area contributed by atoms with Gasteiger partial charge in [-0.05, 0) is 50.9 Å². The zero-order valence-corrected chi connectivity index (χ0v) is 10.8. The van der Waals surface area contributed by atoms with Crippen LogP contribution in [0.1, 0.15) is 45.4 Å². The summed E-state index contributed by atoms with van der Waals surface area (Å²) < 4.78 is 5.86. The van der Waals surface area contributed by atoms with Gasteiger partial charge in [0, 0.05) is 12.0 Å². The van der Waals surface area contributed by atoms with Gasteiger partial charge in [0.05, 0.1) is 18.3 Å². The third-order valence-corrected chi connectivity index (χ3v) is 5.61. The van der Waals surface area contributed by atoms with E-state index in [4.69, 9.17) is 10.5 Å². The lowest BCUT2D eigenvalue weighted by molar-refractivity contribution is -0.105. The molecule has 0 amide bonds. The van der Waals surface area contributed by atoms with Crippen LogP contribution in [0.4, 0.5) is 0 Å². The van der Waals surface area contributed by atoms with Crippen molar-refractivity contribution in [2.75, 3.05) is 6.54 Å². The van der Waals surface area contributed by atoms with Crippen LogP contribution in [0.2, 0.25) is 0 Å². The molecule has 0 radical (unpaired) electrons. The highest BCUT2D eigenvalue weighted by atomic mass is 16.5. The average molecular weight is 239 g/mol. The molecule has 3 aliphatic rings. The molecule has 0 aromatic heterocycles. The summed E-state index contributed by atoms with van der Waals surface area (Å²) in [5.41, 5.74) is 6.01. The predicted octanol–water partition coefficient (Wildman–Crippen LogP) is 1.68. The Balaban J connectivity index is 1.76. The van der Waals surface area contributed by atoms with Gasteiger partial charge in [0.1, 0.15) is 0 Å².